The molecule has 0 spiro atoms. The molecule has 0 bridgehead atoms. The smallest absolute Gasteiger partial charge is 0.220 e. The zero-order valence-corrected chi connectivity index (χ0v) is 14.8. The summed E-state index contributed by atoms with van der Waals surface area (Å²) in [5.41, 5.74) is 1.13. The molecule has 1 atom stereocenters. The van der Waals surface area contributed by atoms with Crippen molar-refractivity contribution in [2.75, 3.05) is 20.3 Å². The van der Waals surface area contributed by atoms with E-state index in [0.29, 0.717) is 18.9 Å². The van der Waals surface area contributed by atoms with E-state index in [9.17, 15) is 9.90 Å². The van der Waals surface area contributed by atoms with Crippen molar-refractivity contribution in [1.82, 2.24) is 5.32 Å². The second-order valence-corrected chi connectivity index (χ2v) is 6.69. The van der Waals surface area contributed by atoms with E-state index in [1.165, 1.54) is 4.88 Å². The average molecular weight is 347 g/mol. The maximum absolute atomic E-state index is 12.0. The van der Waals surface area contributed by atoms with Gasteiger partial charge in [-0.05, 0) is 54.3 Å². The SMILES string of the molecule is COc1ccc(CCC(=O)NCCC(CCO)c2cccs2)cc1. The Morgan fingerprint density at radius 1 is 1.25 bits per heavy atom. The minimum atomic E-state index is 0.0692. The largest absolute Gasteiger partial charge is 0.497 e. The van der Waals surface area contributed by atoms with Crippen LogP contribution in [0.3, 0.4) is 0 Å². The Morgan fingerprint density at radius 2 is 2.04 bits per heavy atom. The molecule has 4 nitrogen and oxygen atoms in total. The lowest BCUT2D eigenvalue weighted by molar-refractivity contribution is -0.121. The molecule has 0 aliphatic rings. The number of rotatable bonds is 10. The predicted octanol–water partition coefficient (Wildman–Crippen LogP) is 3.36. The Bertz CT molecular complexity index is 596. The highest BCUT2D eigenvalue weighted by molar-refractivity contribution is 7.10. The maximum Gasteiger partial charge on any atom is 0.220 e. The van der Waals surface area contributed by atoms with Crippen molar-refractivity contribution in [3.05, 3.63) is 52.2 Å². The van der Waals surface area contributed by atoms with Gasteiger partial charge in [-0.15, -0.1) is 11.3 Å². The summed E-state index contributed by atoms with van der Waals surface area (Å²) in [5, 5.41) is 14.2. The fraction of sp³-hybridized carbons (Fsp3) is 0.421. The van der Waals surface area contributed by atoms with Crippen molar-refractivity contribution in [3.8, 4) is 5.75 Å². The van der Waals surface area contributed by atoms with Gasteiger partial charge in [0.2, 0.25) is 5.91 Å². The van der Waals surface area contributed by atoms with Crippen molar-refractivity contribution >= 4 is 17.2 Å². The topological polar surface area (TPSA) is 58.6 Å². The molecule has 0 aliphatic heterocycles. The number of carbonyl (C=O) groups is 1. The third kappa shape index (κ3) is 5.98. The van der Waals surface area contributed by atoms with Crippen LogP contribution in [0.25, 0.3) is 0 Å². The van der Waals surface area contributed by atoms with Gasteiger partial charge in [-0.25, -0.2) is 0 Å². The highest BCUT2D eigenvalue weighted by Crippen LogP contribution is 2.26. The number of carbonyl (C=O) groups excluding carboxylic acids is 1. The van der Waals surface area contributed by atoms with Crippen LogP contribution in [0.15, 0.2) is 41.8 Å². The Kier molecular flexibility index (Phi) is 7.79. The molecule has 0 fully saturated rings. The molecule has 5 heteroatoms. The number of benzene rings is 1. The quantitative estimate of drug-likeness (QED) is 0.693. The van der Waals surface area contributed by atoms with Crippen LogP contribution in [-0.2, 0) is 11.2 Å². The highest BCUT2D eigenvalue weighted by atomic mass is 32.1. The third-order valence-corrected chi connectivity index (χ3v) is 5.07. The lowest BCUT2D eigenvalue weighted by atomic mass is 10.00. The van der Waals surface area contributed by atoms with Gasteiger partial charge in [0.15, 0.2) is 0 Å². The number of amides is 1. The number of aliphatic hydroxyl groups excluding tert-OH is 1. The van der Waals surface area contributed by atoms with E-state index >= 15 is 0 Å². The Balaban J connectivity index is 1.70. The maximum atomic E-state index is 12.0. The van der Waals surface area contributed by atoms with Gasteiger partial charge in [0, 0.05) is 24.4 Å². The summed E-state index contributed by atoms with van der Waals surface area (Å²) >= 11 is 1.71. The van der Waals surface area contributed by atoms with E-state index in [4.69, 9.17) is 4.74 Å². The summed E-state index contributed by atoms with van der Waals surface area (Å²) in [6, 6.07) is 11.9. The molecule has 130 valence electrons. The summed E-state index contributed by atoms with van der Waals surface area (Å²) < 4.78 is 5.12. The molecule has 0 saturated heterocycles. The first kappa shape index (κ1) is 18.5. The number of hydrogen-bond donors (Lipinski definition) is 2. The normalized spacial score (nSPS) is 11.9. The predicted molar refractivity (Wildman–Crippen MR) is 97.7 cm³/mol. The number of thiophene rings is 1. The number of aryl methyl sites for hydroxylation is 1. The fourth-order valence-electron chi connectivity index (χ4n) is 2.63. The molecule has 2 aromatic rings. The Morgan fingerprint density at radius 3 is 2.67 bits per heavy atom. The standard InChI is InChI=1S/C19H25NO3S/c1-23-17-7-4-15(5-8-17)6-9-19(22)20-12-10-16(11-13-21)18-3-2-14-24-18/h2-5,7-8,14,16,21H,6,9-13H2,1H3,(H,20,22). The van der Waals surface area contributed by atoms with Crippen LogP contribution in [-0.4, -0.2) is 31.3 Å². The molecule has 1 aromatic carbocycles. The van der Waals surface area contributed by atoms with Crippen LogP contribution in [0.2, 0.25) is 0 Å². The summed E-state index contributed by atoms with van der Waals surface area (Å²) in [6.07, 6.45) is 2.80. The van der Waals surface area contributed by atoms with Crippen LogP contribution in [0, 0.1) is 0 Å². The second kappa shape index (κ2) is 10.1. The average Bonchev–Trinajstić information content (AvgIpc) is 3.14. The molecule has 0 aliphatic carbocycles. The summed E-state index contributed by atoms with van der Waals surface area (Å²) in [7, 11) is 1.64. The molecule has 24 heavy (non-hydrogen) atoms. The highest BCUT2D eigenvalue weighted by Gasteiger charge is 2.12. The molecule has 1 aromatic heterocycles. The van der Waals surface area contributed by atoms with Crippen molar-refractivity contribution in [2.45, 2.75) is 31.6 Å². The van der Waals surface area contributed by atoms with E-state index in [1.54, 1.807) is 18.4 Å². The van der Waals surface area contributed by atoms with Crippen LogP contribution in [0.4, 0.5) is 0 Å². The van der Waals surface area contributed by atoms with E-state index in [2.05, 4.69) is 11.4 Å². The Hall–Kier alpha value is -1.85. The van der Waals surface area contributed by atoms with Gasteiger partial charge in [0.25, 0.3) is 0 Å². The molecule has 2 N–H and O–H groups in total. The molecule has 1 amide bonds. The van der Waals surface area contributed by atoms with Crippen molar-refractivity contribution in [1.29, 1.82) is 0 Å². The monoisotopic (exact) mass is 347 g/mol. The molecule has 1 unspecified atom stereocenters. The first-order valence-electron chi connectivity index (χ1n) is 8.27. The van der Waals surface area contributed by atoms with Gasteiger partial charge in [0.05, 0.1) is 7.11 Å². The lowest BCUT2D eigenvalue weighted by Crippen LogP contribution is -2.26. The summed E-state index contributed by atoms with van der Waals surface area (Å²) in [6.45, 7) is 0.817. The lowest BCUT2D eigenvalue weighted by Gasteiger charge is -2.14. The zero-order valence-electron chi connectivity index (χ0n) is 14.0. The number of ether oxygens (including phenoxy) is 1. The van der Waals surface area contributed by atoms with Gasteiger partial charge < -0.3 is 15.2 Å². The Labute approximate surface area is 147 Å². The van der Waals surface area contributed by atoms with Gasteiger partial charge in [0.1, 0.15) is 5.75 Å². The fourth-order valence-corrected chi connectivity index (χ4v) is 3.53. The van der Waals surface area contributed by atoms with Crippen LogP contribution >= 0.6 is 11.3 Å². The van der Waals surface area contributed by atoms with Crippen LogP contribution in [0.1, 0.15) is 35.6 Å². The van der Waals surface area contributed by atoms with Gasteiger partial charge in [-0.3, -0.25) is 4.79 Å². The zero-order chi connectivity index (χ0) is 17.2. The number of aliphatic hydroxyl groups is 1. The van der Waals surface area contributed by atoms with Crippen molar-refractivity contribution < 1.29 is 14.6 Å². The minimum Gasteiger partial charge on any atom is -0.497 e. The van der Waals surface area contributed by atoms with E-state index < -0.39 is 0 Å². The van der Waals surface area contributed by atoms with E-state index in [-0.39, 0.29) is 12.5 Å². The third-order valence-electron chi connectivity index (χ3n) is 4.04. The molecular weight excluding hydrogens is 322 g/mol. The minimum absolute atomic E-state index is 0.0692. The molecule has 1 heterocycles. The molecule has 2 rings (SSSR count). The molecule has 0 radical (unpaired) electrons. The van der Waals surface area contributed by atoms with E-state index in [0.717, 1.165) is 30.6 Å². The second-order valence-electron chi connectivity index (χ2n) is 5.71. The first-order chi connectivity index (χ1) is 11.7. The van der Waals surface area contributed by atoms with Gasteiger partial charge in [-0.2, -0.15) is 0 Å². The number of methoxy groups -OCH3 is 1. The van der Waals surface area contributed by atoms with E-state index in [1.807, 2.05) is 35.7 Å². The number of nitrogens with one attached hydrogen (secondary N) is 1. The summed E-state index contributed by atoms with van der Waals surface area (Å²) in [4.78, 5) is 13.3. The van der Waals surface area contributed by atoms with Crippen molar-refractivity contribution in [3.63, 3.8) is 0 Å². The molecule has 0 saturated carbocycles. The summed E-state index contributed by atoms with van der Waals surface area (Å²) in [5.74, 6) is 1.21. The van der Waals surface area contributed by atoms with Crippen molar-refractivity contribution in [2.24, 2.45) is 0 Å². The molecular formula is C19H25NO3S. The van der Waals surface area contributed by atoms with Gasteiger partial charge >= 0.3 is 0 Å². The number of hydrogen-bond acceptors (Lipinski definition) is 4. The van der Waals surface area contributed by atoms with Gasteiger partial charge in [-0.1, -0.05) is 18.2 Å². The van der Waals surface area contributed by atoms with Crippen LogP contribution in [0.5, 0.6) is 5.75 Å². The first-order valence-corrected chi connectivity index (χ1v) is 9.14. The van der Waals surface area contributed by atoms with Crippen LogP contribution < -0.4 is 10.1 Å².